The summed E-state index contributed by atoms with van der Waals surface area (Å²) in [6.45, 7) is 3.35. The van der Waals surface area contributed by atoms with Gasteiger partial charge in [0.2, 0.25) is 0 Å². The summed E-state index contributed by atoms with van der Waals surface area (Å²) in [5.41, 5.74) is 8.39. The zero-order chi connectivity index (χ0) is 21.8. The molecule has 3 heterocycles. The van der Waals surface area contributed by atoms with Gasteiger partial charge in [0.1, 0.15) is 5.82 Å². The van der Waals surface area contributed by atoms with E-state index < -0.39 is 0 Å². The summed E-state index contributed by atoms with van der Waals surface area (Å²) < 4.78 is 6.81. The Bertz CT molecular complexity index is 1190. The topological polar surface area (TPSA) is 85.8 Å². The molecule has 0 radical (unpaired) electrons. The Morgan fingerprint density at radius 1 is 1.19 bits per heavy atom. The fourth-order valence-electron chi connectivity index (χ4n) is 3.37. The molecule has 0 aliphatic rings. The van der Waals surface area contributed by atoms with Gasteiger partial charge in [0.15, 0.2) is 16.5 Å². The number of nitrogens with zero attached hydrogens (tertiary/aromatic N) is 4. The Kier molecular flexibility index (Phi) is 6.18. The van der Waals surface area contributed by atoms with Crippen LogP contribution in [-0.4, -0.2) is 39.1 Å². The first-order chi connectivity index (χ1) is 15.1. The third-order valence-electron chi connectivity index (χ3n) is 5.00. The predicted molar refractivity (Wildman–Crippen MR) is 123 cm³/mol. The number of thiophene rings is 1. The Hall–Kier alpha value is -3.39. The number of fused-ring (bicyclic) bond motifs is 1. The fraction of sp³-hybridized carbons (Fsp3) is 0.261. The van der Waals surface area contributed by atoms with Gasteiger partial charge in [0, 0.05) is 18.7 Å². The van der Waals surface area contributed by atoms with Crippen LogP contribution in [0, 0.1) is 0 Å². The Morgan fingerprint density at radius 2 is 2.00 bits per heavy atom. The van der Waals surface area contributed by atoms with Gasteiger partial charge in [0.25, 0.3) is 5.91 Å². The molecule has 4 aromatic rings. The maximum absolute atomic E-state index is 13.4. The van der Waals surface area contributed by atoms with Crippen molar-refractivity contribution in [2.75, 3.05) is 19.4 Å². The summed E-state index contributed by atoms with van der Waals surface area (Å²) in [6.07, 6.45) is 1.95. The number of amides is 1. The molecule has 0 bridgehead atoms. The Balaban J connectivity index is 1.65. The van der Waals surface area contributed by atoms with E-state index in [2.05, 4.69) is 17.0 Å². The number of carbonyl (C=O) groups excluding carboxylic acids is 1. The number of nitrogens with two attached hydrogens (primary N) is 1. The van der Waals surface area contributed by atoms with E-state index >= 15 is 0 Å². The number of ether oxygens (including phenoxy) is 1. The van der Waals surface area contributed by atoms with Crippen molar-refractivity contribution in [1.82, 2.24) is 19.5 Å². The van der Waals surface area contributed by atoms with Crippen molar-refractivity contribution in [2.45, 2.75) is 26.3 Å². The summed E-state index contributed by atoms with van der Waals surface area (Å²) >= 11 is 1.46. The summed E-state index contributed by atoms with van der Waals surface area (Å²) in [7, 11) is 1.63. The molecular formula is C23H25N5O2S. The van der Waals surface area contributed by atoms with Crippen LogP contribution >= 0.6 is 11.3 Å². The van der Waals surface area contributed by atoms with Crippen LogP contribution < -0.4 is 10.5 Å². The van der Waals surface area contributed by atoms with Crippen LogP contribution in [0.3, 0.4) is 0 Å². The number of benzene rings is 1. The van der Waals surface area contributed by atoms with Gasteiger partial charge in [-0.3, -0.25) is 4.79 Å². The summed E-state index contributed by atoms with van der Waals surface area (Å²) in [6, 6.07) is 17.2. The first-order valence-electron chi connectivity index (χ1n) is 10.2. The molecule has 1 amide bonds. The van der Waals surface area contributed by atoms with Crippen LogP contribution in [0.2, 0.25) is 0 Å². The van der Waals surface area contributed by atoms with E-state index in [1.54, 1.807) is 23.8 Å². The van der Waals surface area contributed by atoms with Gasteiger partial charge in [0.05, 0.1) is 12.0 Å². The lowest BCUT2D eigenvalue weighted by Crippen LogP contribution is -2.31. The van der Waals surface area contributed by atoms with E-state index in [0.717, 1.165) is 28.3 Å². The molecule has 1 aromatic carbocycles. The van der Waals surface area contributed by atoms with E-state index in [1.165, 1.54) is 11.3 Å². The first-order valence-corrected chi connectivity index (χ1v) is 11.0. The van der Waals surface area contributed by atoms with E-state index in [4.69, 9.17) is 10.5 Å². The smallest absolute Gasteiger partial charge is 0.254 e. The Labute approximate surface area is 185 Å². The lowest BCUT2D eigenvalue weighted by molar-refractivity contribution is 0.0741. The second kappa shape index (κ2) is 9.18. The third-order valence-corrected chi connectivity index (χ3v) is 6.04. The molecule has 0 spiro atoms. The maximum Gasteiger partial charge on any atom is 0.254 e. The number of anilines is 1. The molecule has 4 rings (SSSR count). The van der Waals surface area contributed by atoms with Crippen molar-refractivity contribution < 1.29 is 9.53 Å². The highest BCUT2D eigenvalue weighted by atomic mass is 32.1. The number of hydrogen-bond acceptors (Lipinski definition) is 6. The van der Waals surface area contributed by atoms with Crippen LogP contribution in [0.15, 0.2) is 54.6 Å². The second-order valence-electron chi connectivity index (χ2n) is 7.26. The molecule has 7 nitrogen and oxygen atoms in total. The number of carbonyl (C=O) groups is 1. The van der Waals surface area contributed by atoms with Crippen molar-refractivity contribution in [3.8, 4) is 15.8 Å². The van der Waals surface area contributed by atoms with E-state index in [0.29, 0.717) is 35.9 Å². The zero-order valence-corrected chi connectivity index (χ0v) is 18.4. The van der Waals surface area contributed by atoms with Crippen molar-refractivity contribution in [2.24, 2.45) is 0 Å². The average Bonchev–Trinajstić information content (AvgIpc) is 3.44. The van der Waals surface area contributed by atoms with Gasteiger partial charge in [-0.25, -0.2) is 4.98 Å². The molecule has 0 atom stereocenters. The van der Waals surface area contributed by atoms with Crippen molar-refractivity contribution >= 4 is 28.7 Å². The van der Waals surface area contributed by atoms with E-state index in [1.807, 2.05) is 47.4 Å². The van der Waals surface area contributed by atoms with Gasteiger partial charge < -0.3 is 15.4 Å². The minimum absolute atomic E-state index is 0.0613. The summed E-state index contributed by atoms with van der Waals surface area (Å²) in [5, 5.41) is 5.29. The molecule has 0 aliphatic carbocycles. The molecule has 0 saturated carbocycles. The molecule has 3 aromatic heterocycles. The highest BCUT2D eigenvalue weighted by Gasteiger charge is 2.19. The van der Waals surface area contributed by atoms with Gasteiger partial charge in [-0.05, 0) is 36.2 Å². The largest absolute Gasteiger partial charge is 0.487 e. The molecule has 0 aliphatic heterocycles. The van der Waals surface area contributed by atoms with E-state index in [-0.39, 0.29) is 5.91 Å². The molecule has 0 unspecified atom stereocenters. The van der Waals surface area contributed by atoms with Gasteiger partial charge in [-0.2, -0.15) is 4.52 Å². The van der Waals surface area contributed by atoms with Crippen LogP contribution in [0.25, 0.3) is 16.3 Å². The molecule has 160 valence electrons. The number of pyridine rings is 1. The van der Waals surface area contributed by atoms with Crippen LogP contribution in [-0.2, 0) is 6.54 Å². The van der Waals surface area contributed by atoms with Crippen molar-refractivity contribution in [3.63, 3.8) is 0 Å². The average molecular weight is 436 g/mol. The van der Waals surface area contributed by atoms with Gasteiger partial charge in [-0.15, -0.1) is 5.10 Å². The van der Waals surface area contributed by atoms with E-state index in [9.17, 15) is 4.79 Å². The molecule has 2 N–H and O–H groups in total. The highest BCUT2D eigenvalue weighted by molar-refractivity contribution is 7.17. The third kappa shape index (κ3) is 4.54. The first kappa shape index (κ1) is 20.9. The molecule has 0 saturated heterocycles. The number of rotatable bonds is 8. The van der Waals surface area contributed by atoms with Gasteiger partial charge >= 0.3 is 0 Å². The normalized spacial score (nSPS) is 11.0. The Morgan fingerprint density at radius 3 is 2.71 bits per heavy atom. The molecular weight excluding hydrogens is 410 g/mol. The number of hydrogen-bond donors (Lipinski definition) is 1. The summed E-state index contributed by atoms with van der Waals surface area (Å²) in [5.74, 6) is 0.865. The van der Waals surface area contributed by atoms with Crippen LogP contribution in [0.5, 0.6) is 5.06 Å². The lowest BCUT2D eigenvalue weighted by atomic mass is 10.1. The number of methoxy groups -OCH3 is 1. The summed E-state index contributed by atoms with van der Waals surface area (Å²) in [4.78, 5) is 20.7. The van der Waals surface area contributed by atoms with Crippen molar-refractivity contribution in [3.05, 3.63) is 65.7 Å². The number of unbranched alkanes of at least 4 members (excludes halogenated alkanes) is 1. The monoisotopic (exact) mass is 435 g/mol. The van der Waals surface area contributed by atoms with Gasteiger partial charge in [-0.1, -0.05) is 55.0 Å². The quantitative estimate of drug-likeness (QED) is 0.441. The maximum atomic E-state index is 13.4. The standard InChI is InChI=1S/C23H25N5O2S/c1-3-4-12-27(15-16-8-6-5-7-9-16)23(29)17-13-19(24)28-20(14-17)25-22(26-28)18-10-11-21(30-2)31-18/h5-11,13-14H,3-4,12,15,24H2,1-2H3. The minimum Gasteiger partial charge on any atom is -0.487 e. The lowest BCUT2D eigenvalue weighted by Gasteiger charge is -2.23. The van der Waals surface area contributed by atoms with Crippen molar-refractivity contribution in [1.29, 1.82) is 0 Å². The zero-order valence-electron chi connectivity index (χ0n) is 17.6. The second-order valence-corrected chi connectivity index (χ2v) is 8.31. The molecule has 8 heteroatoms. The number of aromatic nitrogens is 3. The predicted octanol–water partition coefficient (Wildman–Crippen LogP) is 4.49. The highest BCUT2D eigenvalue weighted by Crippen LogP contribution is 2.31. The fourth-order valence-corrected chi connectivity index (χ4v) is 4.12. The van der Waals surface area contributed by atoms with Crippen LogP contribution in [0.4, 0.5) is 5.82 Å². The van der Waals surface area contributed by atoms with Crippen LogP contribution in [0.1, 0.15) is 35.7 Å². The minimum atomic E-state index is -0.0613. The molecule has 31 heavy (non-hydrogen) atoms. The molecule has 0 fully saturated rings. The number of nitrogen functional groups attached to an aromatic ring is 1. The SMILES string of the molecule is CCCCN(Cc1ccccc1)C(=O)c1cc(N)n2nc(-c3ccc(OC)s3)nc2c1.